The van der Waals surface area contributed by atoms with Crippen LogP contribution in [0.3, 0.4) is 0 Å². The van der Waals surface area contributed by atoms with Crippen molar-refractivity contribution in [2.24, 2.45) is 5.41 Å². The summed E-state index contributed by atoms with van der Waals surface area (Å²) in [7, 11) is 0. The van der Waals surface area contributed by atoms with Gasteiger partial charge in [0, 0.05) is 13.1 Å². The van der Waals surface area contributed by atoms with Gasteiger partial charge in [0.2, 0.25) is 0 Å². The van der Waals surface area contributed by atoms with Gasteiger partial charge in [-0.05, 0) is 37.0 Å². The smallest absolute Gasteiger partial charge is 0.310 e. The van der Waals surface area contributed by atoms with E-state index in [-0.39, 0.29) is 0 Å². The maximum atomic E-state index is 11.4. The van der Waals surface area contributed by atoms with Crippen molar-refractivity contribution in [3.05, 3.63) is 29.8 Å². The van der Waals surface area contributed by atoms with Gasteiger partial charge >= 0.3 is 5.97 Å². The van der Waals surface area contributed by atoms with Crippen LogP contribution < -0.4 is 10.1 Å². The minimum Gasteiger partial charge on any atom is -0.494 e. The van der Waals surface area contributed by atoms with Crippen LogP contribution in [0.4, 0.5) is 0 Å². The lowest BCUT2D eigenvalue weighted by atomic mass is 9.82. The fraction of sp³-hybridized carbons (Fsp3) is 0.588. The van der Waals surface area contributed by atoms with Gasteiger partial charge in [0.1, 0.15) is 5.75 Å². The molecule has 21 heavy (non-hydrogen) atoms. The third-order valence-corrected chi connectivity index (χ3v) is 3.97. The maximum absolute atomic E-state index is 11.4. The number of ether oxygens (including phenoxy) is 1. The zero-order valence-corrected chi connectivity index (χ0v) is 13.3. The summed E-state index contributed by atoms with van der Waals surface area (Å²) in [4.78, 5) is 11.4. The Morgan fingerprint density at radius 1 is 1.29 bits per heavy atom. The number of carbonyl (C=O) groups is 1. The summed E-state index contributed by atoms with van der Waals surface area (Å²) in [6.07, 6.45) is 2.24. The van der Waals surface area contributed by atoms with Crippen molar-refractivity contribution >= 4 is 5.97 Å². The van der Waals surface area contributed by atoms with Crippen molar-refractivity contribution in [2.75, 3.05) is 13.2 Å². The summed E-state index contributed by atoms with van der Waals surface area (Å²) in [6.45, 7) is 7.78. The first-order chi connectivity index (χ1) is 10.1. The molecule has 2 N–H and O–H groups in total. The van der Waals surface area contributed by atoms with E-state index in [0.717, 1.165) is 17.7 Å². The van der Waals surface area contributed by atoms with Crippen LogP contribution in [0.25, 0.3) is 0 Å². The van der Waals surface area contributed by atoms with Gasteiger partial charge in [-0.2, -0.15) is 0 Å². The molecule has 0 saturated carbocycles. The van der Waals surface area contributed by atoms with E-state index >= 15 is 0 Å². The highest BCUT2D eigenvalue weighted by Crippen LogP contribution is 2.25. The number of benzene rings is 1. The Morgan fingerprint density at radius 2 is 2.00 bits per heavy atom. The van der Waals surface area contributed by atoms with Gasteiger partial charge in [-0.3, -0.25) is 4.79 Å². The summed E-state index contributed by atoms with van der Waals surface area (Å²) < 4.78 is 5.60. The Hall–Kier alpha value is -1.55. The fourth-order valence-corrected chi connectivity index (χ4v) is 2.29. The predicted molar refractivity (Wildman–Crippen MR) is 84.6 cm³/mol. The molecule has 0 fully saturated rings. The van der Waals surface area contributed by atoms with E-state index < -0.39 is 11.4 Å². The lowest BCUT2D eigenvalue weighted by Crippen LogP contribution is -2.40. The molecule has 1 rings (SSSR count). The van der Waals surface area contributed by atoms with Crippen molar-refractivity contribution < 1.29 is 14.6 Å². The van der Waals surface area contributed by atoms with Gasteiger partial charge < -0.3 is 15.2 Å². The predicted octanol–water partition coefficient (Wildman–Crippen LogP) is 3.46. The van der Waals surface area contributed by atoms with E-state index in [0.29, 0.717) is 32.5 Å². The van der Waals surface area contributed by atoms with Crippen molar-refractivity contribution in [3.8, 4) is 5.75 Å². The molecular weight excluding hydrogens is 266 g/mol. The molecule has 1 aromatic rings. The second kappa shape index (κ2) is 8.67. The molecule has 0 heterocycles. The van der Waals surface area contributed by atoms with Gasteiger partial charge in [0.05, 0.1) is 12.0 Å². The summed E-state index contributed by atoms with van der Waals surface area (Å²) in [6, 6.07) is 7.93. The van der Waals surface area contributed by atoms with Crippen molar-refractivity contribution in [1.82, 2.24) is 5.32 Å². The number of carboxylic acids is 1. The molecule has 4 nitrogen and oxygen atoms in total. The number of carboxylic acid groups (broad SMARTS) is 1. The van der Waals surface area contributed by atoms with Crippen LogP contribution in [0.5, 0.6) is 5.75 Å². The van der Waals surface area contributed by atoms with E-state index in [1.54, 1.807) is 0 Å². The minimum atomic E-state index is -0.722. The maximum Gasteiger partial charge on any atom is 0.310 e. The molecular formula is C17H27NO3. The number of aliphatic carboxylic acids is 1. The molecule has 0 aliphatic heterocycles. The van der Waals surface area contributed by atoms with E-state index in [4.69, 9.17) is 4.74 Å². The van der Waals surface area contributed by atoms with Crippen LogP contribution in [-0.4, -0.2) is 24.2 Å². The Labute approximate surface area is 127 Å². The first-order valence-corrected chi connectivity index (χ1v) is 7.73. The largest absolute Gasteiger partial charge is 0.494 e. The average molecular weight is 293 g/mol. The highest BCUT2D eigenvalue weighted by molar-refractivity contribution is 5.74. The van der Waals surface area contributed by atoms with E-state index in [1.807, 2.05) is 38.1 Å². The standard InChI is InChI=1S/C17H27NO3/c1-4-10-21-15-9-7-8-14(11-15)12-18-13-17(5-2,6-3)16(19)20/h7-9,11,18H,4-6,10,12-13H2,1-3H3,(H,19,20). The summed E-state index contributed by atoms with van der Waals surface area (Å²) in [5, 5.41) is 12.7. The van der Waals surface area contributed by atoms with Crippen LogP contribution in [0.2, 0.25) is 0 Å². The van der Waals surface area contributed by atoms with Crippen molar-refractivity contribution in [3.63, 3.8) is 0 Å². The Balaban J connectivity index is 2.57. The van der Waals surface area contributed by atoms with Gasteiger partial charge in [-0.1, -0.05) is 32.9 Å². The fourth-order valence-electron chi connectivity index (χ4n) is 2.29. The first kappa shape index (κ1) is 17.5. The van der Waals surface area contributed by atoms with E-state index in [2.05, 4.69) is 12.2 Å². The second-order valence-electron chi connectivity index (χ2n) is 5.39. The molecule has 0 saturated heterocycles. The van der Waals surface area contributed by atoms with Crippen molar-refractivity contribution in [1.29, 1.82) is 0 Å². The third kappa shape index (κ3) is 5.05. The van der Waals surface area contributed by atoms with Crippen LogP contribution >= 0.6 is 0 Å². The number of rotatable bonds is 10. The SMILES string of the molecule is CCCOc1cccc(CNCC(CC)(CC)C(=O)O)c1. The molecule has 118 valence electrons. The number of hydrogen-bond donors (Lipinski definition) is 2. The topological polar surface area (TPSA) is 58.6 Å². The highest BCUT2D eigenvalue weighted by atomic mass is 16.5. The molecule has 0 amide bonds. The highest BCUT2D eigenvalue weighted by Gasteiger charge is 2.34. The Bertz CT molecular complexity index is 441. The van der Waals surface area contributed by atoms with Crippen LogP contribution in [-0.2, 0) is 11.3 Å². The molecule has 0 aliphatic carbocycles. The Kier molecular flexibility index (Phi) is 7.23. The van der Waals surface area contributed by atoms with Crippen molar-refractivity contribution in [2.45, 2.75) is 46.6 Å². The van der Waals surface area contributed by atoms with Gasteiger partial charge in [0.25, 0.3) is 0 Å². The second-order valence-corrected chi connectivity index (χ2v) is 5.39. The molecule has 0 aliphatic rings. The molecule has 4 heteroatoms. The molecule has 0 unspecified atom stereocenters. The molecule has 0 atom stereocenters. The molecule has 0 bridgehead atoms. The summed E-state index contributed by atoms with van der Waals surface area (Å²) in [5.74, 6) is 0.145. The normalized spacial score (nSPS) is 11.4. The van der Waals surface area contributed by atoms with E-state index in [1.165, 1.54) is 0 Å². The zero-order chi connectivity index (χ0) is 15.7. The molecule has 0 radical (unpaired) electrons. The Morgan fingerprint density at radius 3 is 2.57 bits per heavy atom. The number of hydrogen-bond acceptors (Lipinski definition) is 3. The molecule has 0 aromatic heterocycles. The lowest BCUT2D eigenvalue weighted by molar-refractivity contribution is -0.149. The molecule has 0 spiro atoms. The van der Waals surface area contributed by atoms with Crippen LogP contribution in [0.1, 0.15) is 45.6 Å². The third-order valence-electron chi connectivity index (χ3n) is 3.97. The van der Waals surface area contributed by atoms with Gasteiger partial charge in [-0.25, -0.2) is 0 Å². The summed E-state index contributed by atoms with van der Waals surface area (Å²) in [5.41, 5.74) is 0.436. The van der Waals surface area contributed by atoms with E-state index in [9.17, 15) is 9.90 Å². The van der Waals surface area contributed by atoms with Crippen LogP contribution in [0, 0.1) is 5.41 Å². The monoisotopic (exact) mass is 293 g/mol. The van der Waals surface area contributed by atoms with Crippen LogP contribution in [0.15, 0.2) is 24.3 Å². The number of nitrogens with one attached hydrogen (secondary N) is 1. The lowest BCUT2D eigenvalue weighted by Gasteiger charge is -2.27. The molecule has 1 aromatic carbocycles. The van der Waals surface area contributed by atoms with Gasteiger partial charge in [0.15, 0.2) is 0 Å². The summed E-state index contributed by atoms with van der Waals surface area (Å²) >= 11 is 0. The average Bonchev–Trinajstić information content (AvgIpc) is 2.50. The van der Waals surface area contributed by atoms with Gasteiger partial charge in [-0.15, -0.1) is 0 Å². The zero-order valence-electron chi connectivity index (χ0n) is 13.3. The first-order valence-electron chi connectivity index (χ1n) is 7.73. The quantitative estimate of drug-likeness (QED) is 0.693. The minimum absolute atomic E-state index is 0.482.